The molecule has 0 bridgehead atoms. The van der Waals surface area contributed by atoms with Crippen LogP contribution in [0.4, 0.5) is 0 Å². The Balaban J connectivity index is 1.70. The van der Waals surface area contributed by atoms with Crippen molar-refractivity contribution < 1.29 is 9.53 Å². The number of carbonyl (C=O) groups excluding carboxylic acids is 1. The molecule has 2 heterocycles. The number of ether oxygens (including phenoxy) is 1. The molecule has 1 fully saturated rings. The van der Waals surface area contributed by atoms with Gasteiger partial charge in [-0.2, -0.15) is 0 Å². The van der Waals surface area contributed by atoms with Gasteiger partial charge in [-0.05, 0) is 47.8 Å². The smallest absolute Gasteiger partial charge is 0.220 e. The molecule has 4 heteroatoms. The number of amides is 1. The number of aromatic nitrogens is 1. The van der Waals surface area contributed by atoms with Crippen LogP contribution in [0.25, 0.3) is 0 Å². The zero-order valence-corrected chi connectivity index (χ0v) is 16.4. The third-order valence-electron chi connectivity index (χ3n) is 5.51. The summed E-state index contributed by atoms with van der Waals surface area (Å²) < 4.78 is 6.00. The molecule has 1 aliphatic heterocycles. The maximum Gasteiger partial charge on any atom is 0.220 e. The molecule has 1 amide bonds. The van der Waals surface area contributed by atoms with Crippen LogP contribution in [0, 0.1) is 11.3 Å². The minimum absolute atomic E-state index is 0.0481. The molecular weight excluding hydrogens is 336 g/mol. The van der Waals surface area contributed by atoms with E-state index in [4.69, 9.17) is 4.74 Å². The molecule has 0 spiro atoms. The molecule has 3 rings (SSSR count). The minimum atomic E-state index is -0.0481. The Kier molecular flexibility index (Phi) is 6.62. The van der Waals surface area contributed by atoms with Crippen LogP contribution in [-0.2, 0) is 22.5 Å². The first-order valence-corrected chi connectivity index (χ1v) is 9.87. The summed E-state index contributed by atoms with van der Waals surface area (Å²) in [6, 6.07) is 14.4. The number of hydrogen-bond donors (Lipinski definition) is 1. The Morgan fingerprint density at radius 2 is 2.00 bits per heavy atom. The minimum Gasteiger partial charge on any atom is -0.378 e. The number of nitrogens with one attached hydrogen (secondary N) is 1. The van der Waals surface area contributed by atoms with Crippen LogP contribution in [0.1, 0.15) is 44.2 Å². The molecule has 0 saturated carbocycles. The molecular formula is C23H30N2O2. The first-order valence-electron chi connectivity index (χ1n) is 9.87. The Morgan fingerprint density at radius 1 is 1.22 bits per heavy atom. The van der Waals surface area contributed by atoms with Crippen LogP contribution in [0.15, 0.2) is 54.9 Å². The maximum absolute atomic E-state index is 12.8. The fourth-order valence-electron chi connectivity index (χ4n) is 3.96. The van der Waals surface area contributed by atoms with Gasteiger partial charge in [0.2, 0.25) is 5.91 Å². The average molecular weight is 367 g/mol. The summed E-state index contributed by atoms with van der Waals surface area (Å²) in [5, 5.41) is 3.08. The van der Waals surface area contributed by atoms with Crippen LogP contribution < -0.4 is 5.32 Å². The van der Waals surface area contributed by atoms with Crippen LogP contribution in [0.5, 0.6) is 0 Å². The lowest BCUT2D eigenvalue weighted by Crippen LogP contribution is -2.42. The lowest BCUT2D eigenvalue weighted by molar-refractivity contribution is -0.128. The van der Waals surface area contributed by atoms with Gasteiger partial charge < -0.3 is 10.1 Å². The van der Waals surface area contributed by atoms with Gasteiger partial charge in [0.1, 0.15) is 0 Å². The summed E-state index contributed by atoms with van der Waals surface area (Å²) in [6.07, 6.45) is 7.06. The van der Waals surface area contributed by atoms with Gasteiger partial charge in [0, 0.05) is 32.0 Å². The first-order chi connectivity index (χ1) is 13.1. The number of rotatable bonds is 7. The third-order valence-corrected chi connectivity index (χ3v) is 5.51. The van der Waals surface area contributed by atoms with E-state index >= 15 is 0 Å². The van der Waals surface area contributed by atoms with Gasteiger partial charge in [0.25, 0.3) is 0 Å². The van der Waals surface area contributed by atoms with Crippen molar-refractivity contribution in [2.75, 3.05) is 6.61 Å². The van der Waals surface area contributed by atoms with Gasteiger partial charge in [-0.1, -0.05) is 50.2 Å². The fourth-order valence-corrected chi connectivity index (χ4v) is 3.96. The van der Waals surface area contributed by atoms with E-state index in [0.29, 0.717) is 18.9 Å². The number of nitrogens with zero attached hydrogens (tertiary/aromatic N) is 1. The Morgan fingerprint density at radius 3 is 2.70 bits per heavy atom. The van der Waals surface area contributed by atoms with E-state index < -0.39 is 0 Å². The fraction of sp³-hybridized carbons (Fsp3) is 0.478. The number of benzene rings is 1. The molecule has 0 aliphatic carbocycles. The summed E-state index contributed by atoms with van der Waals surface area (Å²) >= 11 is 0. The van der Waals surface area contributed by atoms with Gasteiger partial charge in [0.05, 0.1) is 6.10 Å². The second-order valence-corrected chi connectivity index (χ2v) is 8.08. The van der Waals surface area contributed by atoms with E-state index in [-0.39, 0.29) is 17.4 Å². The lowest BCUT2D eigenvalue weighted by atomic mass is 9.69. The second kappa shape index (κ2) is 9.14. The van der Waals surface area contributed by atoms with Crippen molar-refractivity contribution in [3.63, 3.8) is 0 Å². The molecule has 1 aromatic heterocycles. The highest BCUT2D eigenvalue weighted by atomic mass is 16.5. The quantitative estimate of drug-likeness (QED) is 0.801. The molecule has 1 saturated heterocycles. The van der Waals surface area contributed by atoms with Gasteiger partial charge in [0.15, 0.2) is 0 Å². The maximum atomic E-state index is 12.8. The highest BCUT2D eigenvalue weighted by Gasteiger charge is 2.39. The van der Waals surface area contributed by atoms with E-state index in [9.17, 15) is 4.79 Å². The van der Waals surface area contributed by atoms with Crippen molar-refractivity contribution in [2.45, 2.75) is 52.2 Å². The van der Waals surface area contributed by atoms with E-state index in [1.54, 1.807) is 12.4 Å². The van der Waals surface area contributed by atoms with Crippen molar-refractivity contribution in [1.82, 2.24) is 10.3 Å². The molecule has 1 aliphatic rings. The van der Waals surface area contributed by atoms with Crippen molar-refractivity contribution in [2.24, 2.45) is 11.3 Å². The van der Waals surface area contributed by atoms with E-state index in [1.807, 2.05) is 18.2 Å². The van der Waals surface area contributed by atoms with E-state index in [2.05, 4.69) is 48.4 Å². The highest BCUT2D eigenvalue weighted by molar-refractivity contribution is 5.76. The van der Waals surface area contributed by atoms with Gasteiger partial charge in [-0.25, -0.2) is 0 Å². The zero-order valence-electron chi connectivity index (χ0n) is 16.4. The summed E-state index contributed by atoms with van der Waals surface area (Å²) in [6.45, 7) is 5.65. The van der Waals surface area contributed by atoms with Gasteiger partial charge in [-0.3, -0.25) is 9.78 Å². The van der Waals surface area contributed by atoms with Crippen LogP contribution in [-0.4, -0.2) is 23.6 Å². The number of hydrogen-bond acceptors (Lipinski definition) is 3. The second-order valence-electron chi connectivity index (χ2n) is 8.08. The predicted molar refractivity (Wildman–Crippen MR) is 107 cm³/mol. The summed E-state index contributed by atoms with van der Waals surface area (Å²) in [7, 11) is 0. The van der Waals surface area contributed by atoms with Crippen LogP contribution >= 0.6 is 0 Å². The third kappa shape index (κ3) is 5.64. The van der Waals surface area contributed by atoms with E-state index in [0.717, 1.165) is 31.4 Å². The molecule has 4 nitrogen and oxygen atoms in total. The SMILES string of the molecule is CC(C)[C@H]1C[C@](CC(=O)NCc2cccnc2)(Cc2ccccc2)CCO1. The highest BCUT2D eigenvalue weighted by Crippen LogP contribution is 2.41. The molecule has 144 valence electrons. The molecule has 1 N–H and O–H groups in total. The van der Waals surface area contributed by atoms with E-state index in [1.165, 1.54) is 5.56 Å². The largest absolute Gasteiger partial charge is 0.378 e. The first kappa shape index (κ1) is 19.6. The normalized spacial score (nSPS) is 22.6. The number of pyridine rings is 1. The van der Waals surface area contributed by atoms with Gasteiger partial charge in [-0.15, -0.1) is 0 Å². The molecule has 27 heavy (non-hydrogen) atoms. The lowest BCUT2D eigenvalue weighted by Gasteiger charge is -2.42. The van der Waals surface area contributed by atoms with Gasteiger partial charge >= 0.3 is 0 Å². The molecule has 2 atom stereocenters. The number of carbonyl (C=O) groups is 1. The molecule has 1 aromatic carbocycles. The summed E-state index contributed by atoms with van der Waals surface area (Å²) in [4.78, 5) is 16.9. The van der Waals surface area contributed by atoms with Crippen LogP contribution in [0.3, 0.4) is 0 Å². The Hall–Kier alpha value is -2.20. The van der Waals surface area contributed by atoms with Crippen molar-refractivity contribution in [3.05, 3.63) is 66.0 Å². The Labute approximate surface area is 162 Å². The summed E-state index contributed by atoms with van der Waals surface area (Å²) in [5.74, 6) is 0.568. The van der Waals surface area contributed by atoms with Crippen molar-refractivity contribution in [3.8, 4) is 0 Å². The van der Waals surface area contributed by atoms with Crippen molar-refractivity contribution >= 4 is 5.91 Å². The Bertz CT molecular complexity index is 718. The predicted octanol–water partition coefficient (Wildman–Crippen LogP) is 4.15. The molecule has 0 unspecified atom stereocenters. The average Bonchev–Trinajstić information content (AvgIpc) is 2.68. The topological polar surface area (TPSA) is 51.2 Å². The monoisotopic (exact) mass is 366 g/mol. The van der Waals surface area contributed by atoms with Crippen LogP contribution in [0.2, 0.25) is 0 Å². The standard InChI is InChI=1S/C23H30N2O2/c1-18(2)21-14-23(10-12-27-21,13-19-7-4-3-5-8-19)15-22(26)25-17-20-9-6-11-24-16-20/h3-9,11,16,18,21H,10,12-15,17H2,1-2H3,(H,25,26)/t21-,23-/m1/s1. The molecule has 0 radical (unpaired) electrons. The summed E-state index contributed by atoms with van der Waals surface area (Å²) in [5.41, 5.74) is 2.27. The van der Waals surface area contributed by atoms with Crippen molar-refractivity contribution in [1.29, 1.82) is 0 Å². The molecule has 2 aromatic rings. The zero-order chi connectivity index (χ0) is 19.1.